The van der Waals surface area contributed by atoms with Gasteiger partial charge in [0, 0.05) is 24.9 Å². The highest BCUT2D eigenvalue weighted by Gasteiger charge is 2.24. The predicted octanol–water partition coefficient (Wildman–Crippen LogP) is 3.66. The summed E-state index contributed by atoms with van der Waals surface area (Å²) in [6.45, 7) is -2.34. The fourth-order valence-corrected chi connectivity index (χ4v) is 2.34. The van der Waals surface area contributed by atoms with Crippen molar-refractivity contribution in [2.45, 2.75) is 26.0 Å². The first-order chi connectivity index (χ1) is 9.58. The first kappa shape index (κ1) is 12.9. The fraction of sp³-hybridized carbons (Fsp3) is 0.357. The summed E-state index contributed by atoms with van der Waals surface area (Å²) in [6.07, 6.45) is 3.76. The number of hydrogen-bond donors (Lipinski definition) is 0. The van der Waals surface area contributed by atoms with E-state index in [9.17, 15) is 13.2 Å². The van der Waals surface area contributed by atoms with E-state index in [1.165, 1.54) is 6.07 Å². The first-order valence-electron chi connectivity index (χ1n) is 6.26. The van der Waals surface area contributed by atoms with Crippen molar-refractivity contribution in [3.05, 3.63) is 29.7 Å². The van der Waals surface area contributed by atoms with Crippen LogP contribution in [-0.4, -0.2) is 11.2 Å². The topological polar surface area (TPSA) is 38.0 Å². The van der Waals surface area contributed by atoms with Crippen LogP contribution < -0.4 is 4.74 Å². The van der Waals surface area contributed by atoms with Crippen LogP contribution in [0.5, 0.6) is 5.75 Å². The van der Waals surface area contributed by atoms with Gasteiger partial charge < -0.3 is 9.30 Å². The number of benzene rings is 1. The van der Waals surface area contributed by atoms with E-state index in [0.29, 0.717) is 18.0 Å². The molecule has 0 spiro atoms. The average Bonchev–Trinajstić information content (AvgIpc) is 3.11. The summed E-state index contributed by atoms with van der Waals surface area (Å²) in [7, 11) is 0. The van der Waals surface area contributed by atoms with Crippen molar-refractivity contribution >= 4 is 10.9 Å². The fourth-order valence-electron chi connectivity index (χ4n) is 2.34. The summed E-state index contributed by atoms with van der Waals surface area (Å²) < 4.78 is 44.5. The molecule has 0 bridgehead atoms. The number of nitrogens with zero attached hydrogens (tertiary/aromatic N) is 2. The molecule has 0 radical (unpaired) electrons. The van der Waals surface area contributed by atoms with Gasteiger partial charge in [-0.05, 0) is 18.8 Å². The molecule has 1 aromatic carbocycles. The normalized spacial score (nSPS) is 14.8. The second kappa shape index (κ2) is 4.75. The van der Waals surface area contributed by atoms with Crippen LogP contribution in [0.25, 0.3) is 10.9 Å². The van der Waals surface area contributed by atoms with Gasteiger partial charge in [0.1, 0.15) is 17.6 Å². The van der Waals surface area contributed by atoms with Gasteiger partial charge >= 0.3 is 6.61 Å². The summed E-state index contributed by atoms with van der Waals surface area (Å²) in [5.74, 6) is -0.436. The third kappa shape index (κ3) is 2.31. The molecule has 1 aliphatic carbocycles. The highest BCUT2D eigenvalue weighted by Crippen LogP contribution is 2.35. The van der Waals surface area contributed by atoms with Crippen LogP contribution in [0.4, 0.5) is 13.2 Å². The molecule has 0 amide bonds. The second-order valence-electron chi connectivity index (χ2n) is 4.93. The molecule has 20 heavy (non-hydrogen) atoms. The van der Waals surface area contributed by atoms with Crippen LogP contribution in [-0.2, 0) is 6.54 Å². The zero-order valence-electron chi connectivity index (χ0n) is 10.4. The molecule has 0 atom stereocenters. The van der Waals surface area contributed by atoms with E-state index in [4.69, 9.17) is 5.26 Å². The molecule has 1 fully saturated rings. The lowest BCUT2D eigenvalue weighted by Gasteiger charge is -2.08. The van der Waals surface area contributed by atoms with Crippen molar-refractivity contribution in [1.82, 2.24) is 4.57 Å². The monoisotopic (exact) mass is 280 g/mol. The van der Waals surface area contributed by atoms with Gasteiger partial charge in [-0.2, -0.15) is 14.0 Å². The summed E-state index contributed by atoms with van der Waals surface area (Å²) in [4.78, 5) is 0. The summed E-state index contributed by atoms with van der Waals surface area (Å²) in [5.41, 5.74) is 0.630. The highest BCUT2D eigenvalue weighted by atomic mass is 19.3. The Hall–Kier alpha value is -2.16. The average molecular weight is 280 g/mol. The summed E-state index contributed by atoms with van der Waals surface area (Å²) in [5, 5.41) is 9.22. The first-order valence-corrected chi connectivity index (χ1v) is 6.26. The molecule has 3 rings (SSSR count). The number of halogens is 3. The van der Waals surface area contributed by atoms with E-state index in [1.807, 2.05) is 6.07 Å². The quantitative estimate of drug-likeness (QED) is 0.857. The van der Waals surface area contributed by atoms with Gasteiger partial charge in [0.15, 0.2) is 0 Å². The van der Waals surface area contributed by atoms with Crippen LogP contribution in [0, 0.1) is 23.1 Å². The minimum atomic E-state index is -3.01. The van der Waals surface area contributed by atoms with E-state index < -0.39 is 12.4 Å². The molecule has 2 aromatic rings. The number of aromatic nitrogens is 1. The molecule has 1 saturated carbocycles. The third-order valence-corrected chi connectivity index (χ3v) is 3.40. The molecule has 6 heteroatoms. The van der Waals surface area contributed by atoms with Gasteiger partial charge in [0.25, 0.3) is 0 Å². The van der Waals surface area contributed by atoms with Crippen LogP contribution >= 0.6 is 0 Å². The third-order valence-electron chi connectivity index (χ3n) is 3.40. The molecule has 104 valence electrons. The minimum Gasteiger partial charge on any atom is -0.435 e. The van der Waals surface area contributed by atoms with Gasteiger partial charge in [0.05, 0.1) is 16.5 Å². The Kier molecular flexibility index (Phi) is 3.05. The molecule has 0 aliphatic heterocycles. The second-order valence-corrected chi connectivity index (χ2v) is 4.93. The molecular weight excluding hydrogens is 269 g/mol. The van der Waals surface area contributed by atoms with E-state index in [2.05, 4.69) is 4.74 Å². The van der Waals surface area contributed by atoms with E-state index in [1.54, 1.807) is 10.8 Å². The number of ether oxygens (including phenoxy) is 1. The summed E-state index contributed by atoms with van der Waals surface area (Å²) in [6, 6.07) is 4.18. The Balaban J connectivity index is 2.13. The highest BCUT2D eigenvalue weighted by molar-refractivity contribution is 5.88. The molecule has 1 aromatic heterocycles. The van der Waals surface area contributed by atoms with Gasteiger partial charge in [-0.1, -0.05) is 0 Å². The number of hydrogen-bond acceptors (Lipinski definition) is 2. The van der Waals surface area contributed by atoms with Crippen LogP contribution in [0.15, 0.2) is 18.3 Å². The van der Waals surface area contributed by atoms with Crippen molar-refractivity contribution in [2.75, 3.05) is 0 Å². The molecule has 0 saturated heterocycles. The van der Waals surface area contributed by atoms with Crippen molar-refractivity contribution in [3.63, 3.8) is 0 Å². The summed E-state index contributed by atoms with van der Waals surface area (Å²) >= 11 is 0. The Bertz CT molecular complexity index is 698. The van der Waals surface area contributed by atoms with Crippen LogP contribution in [0.1, 0.15) is 18.4 Å². The lowest BCUT2D eigenvalue weighted by atomic mass is 10.1. The molecule has 0 N–H and O–H groups in total. The maximum absolute atomic E-state index is 14.0. The zero-order chi connectivity index (χ0) is 14.3. The Morgan fingerprint density at radius 1 is 1.40 bits per heavy atom. The van der Waals surface area contributed by atoms with E-state index in [-0.39, 0.29) is 16.7 Å². The SMILES string of the molecule is N#Cc1cn(CC2CC2)c2cc(OC(F)F)cc(F)c12. The number of nitriles is 1. The number of alkyl halides is 2. The number of rotatable bonds is 4. The van der Waals surface area contributed by atoms with Gasteiger partial charge in [0.2, 0.25) is 0 Å². The Labute approximate surface area is 113 Å². The van der Waals surface area contributed by atoms with Crippen molar-refractivity contribution in [3.8, 4) is 11.8 Å². The van der Waals surface area contributed by atoms with Crippen LogP contribution in [0.2, 0.25) is 0 Å². The van der Waals surface area contributed by atoms with Crippen LogP contribution in [0.3, 0.4) is 0 Å². The smallest absolute Gasteiger partial charge is 0.387 e. The van der Waals surface area contributed by atoms with Crippen molar-refractivity contribution < 1.29 is 17.9 Å². The lowest BCUT2D eigenvalue weighted by molar-refractivity contribution is -0.0499. The van der Waals surface area contributed by atoms with E-state index >= 15 is 0 Å². The molecule has 3 nitrogen and oxygen atoms in total. The maximum atomic E-state index is 14.0. The van der Waals surface area contributed by atoms with Crippen molar-refractivity contribution in [1.29, 1.82) is 5.26 Å². The Morgan fingerprint density at radius 3 is 2.75 bits per heavy atom. The maximum Gasteiger partial charge on any atom is 0.387 e. The standard InChI is InChI=1S/C14H11F3N2O/c15-11-3-10(20-14(16)17)4-12-13(11)9(5-18)7-19(12)6-8-1-2-8/h3-4,7-8,14H,1-2,6H2. The minimum absolute atomic E-state index is 0.162. The van der Waals surface area contributed by atoms with Crippen molar-refractivity contribution in [2.24, 2.45) is 5.92 Å². The largest absolute Gasteiger partial charge is 0.435 e. The van der Waals surface area contributed by atoms with Gasteiger partial charge in [-0.15, -0.1) is 0 Å². The molecular formula is C14H11F3N2O. The lowest BCUT2D eigenvalue weighted by Crippen LogP contribution is -2.03. The molecule has 1 heterocycles. The van der Waals surface area contributed by atoms with E-state index in [0.717, 1.165) is 18.9 Å². The number of fused-ring (bicyclic) bond motifs is 1. The molecule has 1 aliphatic rings. The molecule has 0 unspecified atom stereocenters. The zero-order valence-corrected chi connectivity index (χ0v) is 10.4. The van der Waals surface area contributed by atoms with Gasteiger partial charge in [-0.25, -0.2) is 4.39 Å². The Morgan fingerprint density at radius 2 is 2.15 bits per heavy atom. The van der Waals surface area contributed by atoms with Gasteiger partial charge in [-0.3, -0.25) is 0 Å². The predicted molar refractivity (Wildman–Crippen MR) is 66.0 cm³/mol.